The molecule has 0 unspecified atom stereocenters. The molecule has 0 amide bonds. The van der Waals surface area contributed by atoms with E-state index in [9.17, 15) is 0 Å². The number of benzene rings is 9. The maximum atomic E-state index is 5.41. The SMILES string of the molecule is c1ccc(-c2ccc(-c3nc(-c4ccccc4)nc(-n4c5ccccc5c5c(-c6ccccc6)cc6c(c7ccccc7n6-c6cccc(-c7ccccc7)c6)c54)n3)cc2)cc1. The summed E-state index contributed by atoms with van der Waals surface area (Å²) >= 11 is 0. The fourth-order valence-corrected chi connectivity index (χ4v) is 9.14. The lowest BCUT2D eigenvalue weighted by Gasteiger charge is -2.14. The Labute approximate surface area is 358 Å². The average molecular weight is 792 g/mol. The van der Waals surface area contributed by atoms with Crippen LogP contribution in [0, 0.1) is 0 Å². The van der Waals surface area contributed by atoms with E-state index in [1.807, 2.05) is 24.3 Å². The Bertz CT molecular complexity index is 3590. The van der Waals surface area contributed by atoms with Crippen molar-refractivity contribution in [3.63, 3.8) is 0 Å². The molecule has 0 atom stereocenters. The first-order chi connectivity index (χ1) is 30.8. The van der Waals surface area contributed by atoms with Crippen LogP contribution in [0.3, 0.4) is 0 Å². The molecule has 12 rings (SSSR count). The van der Waals surface area contributed by atoms with Gasteiger partial charge in [-0.3, -0.25) is 4.57 Å². The molecule has 0 aliphatic heterocycles. The second-order valence-electron chi connectivity index (χ2n) is 15.6. The molecule has 12 aromatic rings. The van der Waals surface area contributed by atoms with Gasteiger partial charge in [-0.15, -0.1) is 0 Å². The molecule has 0 aliphatic rings. The van der Waals surface area contributed by atoms with Crippen molar-refractivity contribution in [1.29, 1.82) is 0 Å². The molecule has 0 N–H and O–H groups in total. The van der Waals surface area contributed by atoms with Crippen molar-refractivity contribution < 1.29 is 0 Å². The number of nitrogens with zero attached hydrogens (tertiary/aromatic N) is 5. The molecule has 0 radical (unpaired) electrons. The topological polar surface area (TPSA) is 48.5 Å². The van der Waals surface area contributed by atoms with Crippen LogP contribution in [0.2, 0.25) is 0 Å². The van der Waals surface area contributed by atoms with Crippen LogP contribution in [-0.2, 0) is 0 Å². The normalized spacial score (nSPS) is 11.5. The van der Waals surface area contributed by atoms with Crippen LogP contribution in [0.1, 0.15) is 0 Å². The van der Waals surface area contributed by atoms with Gasteiger partial charge in [0.15, 0.2) is 11.6 Å². The van der Waals surface area contributed by atoms with E-state index in [0.29, 0.717) is 17.6 Å². The maximum absolute atomic E-state index is 5.41. The lowest BCUT2D eigenvalue weighted by Crippen LogP contribution is -2.06. The van der Waals surface area contributed by atoms with Crippen LogP contribution in [0.5, 0.6) is 0 Å². The summed E-state index contributed by atoms with van der Waals surface area (Å²) in [5.74, 6) is 1.77. The van der Waals surface area contributed by atoms with E-state index in [4.69, 9.17) is 15.0 Å². The van der Waals surface area contributed by atoms with Crippen LogP contribution in [0.4, 0.5) is 0 Å². The monoisotopic (exact) mass is 791 g/mol. The van der Waals surface area contributed by atoms with E-state index in [1.54, 1.807) is 0 Å². The van der Waals surface area contributed by atoms with Crippen molar-refractivity contribution in [1.82, 2.24) is 24.1 Å². The molecule has 5 nitrogen and oxygen atoms in total. The second kappa shape index (κ2) is 14.7. The van der Waals surface area contributed by atoms with Gasteiger partial charge in [-0.2, -0.15) is 9.97 Å². The largest absolute Gasteiger partial charge is 0.309 e. The Hall–Kier alpha value is -8.41. The third-order valence-electron chi connectivity index (χ3n) is 12.0. The van der Waals surface area contributed by atoms with Gasteiger partial charge in [0.2, 0.25) is 5.95 Å². The highest BCUT2D eigenvalue weighted by atomic mass is 15.2. The second-order valence-corrected chi connectivity index (χ2v) is 15.6. The quantitative estimate of drug-likeness (QED) is 0.162. The molecule has 0 aliphatic carbocycles. The molecular weight excluding hydrogens is 755 g/mol. The van der Waals surface area contributed by atoms with E-state index in [1.165, 1.54) is 5.56 Å². The predicted molar refractivity (Wildman–Crippen MR) is 256 cm³/mol. The molecular formula is C57H37N5. The molecule has 0 spiro atoms. The lowest BCUT2D eigenvalue weighted by molar-refractivity contribution is 0.955. The van der Waals surface area contributed by atoms with Gasteiger partial charge in [0.1, 0.15) is 0 Å². The molecule has 0 saturated heterocycles. The van der Waals surface area contributed by atoms with Crippen LogP contribution in [0.15, 0.2) is 224 Å². The van der Waals surface area contributed by atoms with Crippen LogP contribution < -0.4 is 0 Å². The summed E-state index contributed by atoms with van der Waals surface area (Å²) in [4.78, 5) is 15.9. The van der Waals surface area contributed by atoms with Crippen LogP contribution in [-0.4, -0.2) is 24.1 Å². The van der Waals surface area contributed by atoms with Crippen molar-refractivity contribution >= 4 is 43.6 Å². The summed E-state index contributed by atoms with van der Waals surface area (Å²) in [5.41, 5.74) is 14.1. The highest BCUT2D eigenvalue weighted by molar-refractivity contribution is 6.29. The minimum Gasteiger partial charge on any atom is -0.309 e. The Kier molecular flexibility index (Phi) is 8.42. The number of para-hydroxylation sites is 2. The van der Waals surface area contributed by atoms with E-state index in [2.05, 4.69) is 209 Å². The first-order valence-electron chi connectivity index (χ1n) is 21.0. The summed E-state index contributed by atoms with van der Waals surface area (Å²) in [5, 5.41) is 4.56. The van der Waals surface area contributed by atoms with Gasteiger partial charge >= 0.3 is 0 Å². The fraction of sp³-hybridized carbons (Fsp3) is 0. The zero-order chi connectivity index (χ0) is 41.0. The number of hydrogen-bond acceptors (Lipinski definition) is 3. The van der Waals surface area contributed by atoms with E-state index < -0.39 is 0 Å². The van der Waals surface area contributed by atoms with Gasteiger partial charge in [-0.05, 0) is 63.7 Å². The molecule has 0 fully saturated rings. The maximum Gasteiger partial charge on any atom is 0.238 e. The minimum atomic E-state index is 0.557. The average Bonchev–Trinajstić information content (AvgIpc) is 3.88. The molecule has 9 aromatic carbocycles. The van der Waals surface area contributed by atoms with E-state index in [-0.39, 0.29) is 0 Å². The summed E-state index contributed by atoms with van der Waals surface area (Å²) in [6.07, 6.45) is 0. The summed E-state index contributed by atoms with van der Waals surface area (Å²) in [6, 6.07) is 79.2. The van der Waals surface area contributed by atoms with Crippen molar-refractivity contribution in [2.45, 2.75) is 0 Å². The third-order valence-corrected chi connectivity index (χ3v) is 12.0. The highest BCUT2D eigenvalue weighted by Crippen LogP contribution is 2.46. The summed E-state index contributed by atoms with van der Waals surface area (Å²) in [7, 11) is 0. The number of fused-ring (bicyclic) bond motifs is 7. The molecule has 3 heterocycles. The van der Waals surface area contributed by atoms with Gasteiger partial charge in [0.25, 0.3) is 0 Å². The van der Waals surface area contributed by atoms with Gasteiger partial charge in [-0.1, -0.05) is 194 Å². The summed E-state index contributed by atoms with van der Waals surface area (Å²) in [6.45, 7) is 0. The first kappa shape index (κ1) is 35.5. The molecule has 5 heteroatoms. The zero-order valence-corrected chi connectivity index (χ0v) is 33.6. The van der Waals surface area contributed by atoms with Gasteiger partial charge in [-0.25, -0.2) is 4.98 Å². The smallest absolute Gasteiger partial charge is 0.238 e. The van der Waals surface area contributed by atoms with Crippen LogP contribution in [0.25, 0.3) is 111 Å². The highest BCUT2D eigenvalue weighted by Gasteiger charge is 2.26. The van der Waals surface area contributed by atoms with Crippen LogP contribution >= 0.6 is 0 Å². The Balaban J connectivity index is 1.20. The Morgan fingerprint density at radius 3 is 1.37 bits per heavy atom. The van der Waals surface area contributed by atoms with Crippen molar-refractivity contribution in [2.24, 2.45) is 0 Å². The molecule has 290 valence electrons. The molecule has 0 saturated carbocycles. The Morgan fingerprint density at radius 2 is 0.742 bits per heavy atom. The third kappa shape index (κ3) is 5.90. The standard InChI is InChI=1S/C57H37N5/c1-5-18-38(19-6-1)40-32-34-43(35-33-40)56-58-55(42-24-11-4-12-25-42)59-57(60-56)62-50-31-16-13-28-46(50)52-48(41-22-9-3-10-23-41)37-51-53(54(52)62)47-29-14-15-30-49(47)61(51)45-27-17-26-44(36-45)39-20-7-2-8-21-39/h1-37H. The van der Waals surface area contributed by atoms with Gasteiger partial charge in [0, 0.05) is 38.4 Å². The number of aromatic nitrogens is 5. The minimum absolute atomic E-state index is 0.557. The zero-order valence-electron chi connectivity index (χ0n) is 33.6. The Morgan fingerprint density at radius 1 is 0.290 bits per heavy atom. The van der Waals surface area contributed by atoms with Crippen molar-refractivity contribution in [2.75, 3.05) is 0 Å². The molecule has 0 bridgehead atoms. The number of rotatable bonds is 7. The predicted octanol–water partition coefficient (Wildman–Crippen LogP) is 14.4. The first-order valence-corrected chi connectivity index (χ1v) is 21.0. The molecule has 3 aromatic heterocycles. The molecule has 62 heavy (non-hydrogen) atoms. The van der Waals surface area contributed by atoms with E-state index >= 15 is 0 Å². The van der Waals surface area contributed by atoms with E-state index in [0.717, 1.165) is 88.2 Å². The number of hydrogen-bond donors (Lipinski definition) is 0. The van der Waals surface area contributed by atoms with Gasteiger partial charge in [0.05, 0.1) is 22.1 Å². The lowest BCUT2D eigenvalue weighted by atomic mass is 9.96. The van der Waals surface area contributed by atoms with Crippen molar-refractivity contribution in [3.05, 3.63) is 224 Å². The van der Waals surface area contributed by atoms with Crippen molar-refractivity contribution in [3.8, 4) is 67.8 Å². The van der Waals surface area contributed by atoms with Gasteiger partial charge < -0.3 is 4.57 Å². The summed E-state index contributed by atoms with van der Waals surface area (Å²) < 4.78 is 4.71. The fourth-order valence-electron chi connectivity index (χ4n) is 9.14.